The van der Waals surface area contributed by atoms with E-state index in [0.717, 1.165) is 48.7 Å². The van der Waals surface area contributed by atoms with E-state index in [2.05, 4.69) is 19.8 Å². The summed E-state index contributed by atoms with van der Waals surface area (Å²) in [4.78, 5) is 7.87. The van der Waals surface area contributed by atoms with Gasteiger partial charge in [0, 0.05) is 17.6 Å². The van der Waals surface area contributed by atoms with E-state index in [9.17, 15) is 17.2 Å². The molecule has 1 saturated heterocycles. The van der Waals surface area contributed by atoms with Gasteiger partial charge in [-0.3, -0.25) is 9.71 Å². The zero-order valence-electron chi connectivity index (χ0n) is 20.5. The third-order valence-corrected chi connectivity index (χ3v) is 8.16. The fourth-order valence-electron chi connectivity index (χ4n) is 4.27. The number of hydrogen-bond acceptors (Lipinski definition) is 7. The molecule has 0 amide bonds. The molecule has 38 heavy (non-hydrogen) atoms. The molecule has 5 rings (SSSR count). The fraction of sp³-hybridized carbons (Fsp3) is 0.320. The Morgan fingerprint density at radius 1 is 1.16 bits per heavy atom. The van der Waals surface area contributed by atoms with Crippen LogP contribution in [0.1, 0.15) is 42.4 Å². The van der Waals surface area contributed by atoms with Gasteiger partial charge in [0.2, 0.25) is 0 Å². The summed E-state index contributed by atoms with van der Waals surface area (Å²) in [5.74, 6) is -1.14. The van der Waals surface area contributed by atoms with E-state index >= 15 is 0 Å². The van der Waals surface area contributed by atoms with Crippen molar-refractivity contribution in [3.8, 4) is 5.75 Å². The molecule has 1 fully saturated rings. The van der Waals surface area contributed by atoms with Crippen molar-refractivity contribution in [2.75, 3.05) is 11.3 Å². The molecule has 0 spiro atoms. The Labute approximate surface area is 222 Å². The highest BCUT2D eigenvalue weighted by molar-refractivity contribution is 7.92. The zero-order chi connectivity index (χ0) is 27.0. The number of aromatic nitrogens is 4. The maximum Gasteiger partial charge on any atom is 0.263 e. The highest BCUT2D eigenvalue weighted by Gasteiger charge is 2.23. The summed E-state index contributed by atoms with van der Waals surface area (Å²) in [7, 11) is -4.25. The van der Waals surface area contributed by atoms with Crippen molar-refractivity contribution in [2.24, 2.45) is 0 Å². The Morgan fingerprint density at radius 3 is 2.74 bits per heavy atom. The first-order valence-corrected chi connectivity index (χ1v) is 13.7. The first-order chi connectivity index (χ1) is 18.1. The number of ether oxygens (including phenoxy) is 2. The molecule has 0 radical (unpaired) electrons. The highest BCUT2D eigenvalue weighted by Crippen LogP contribution is 2.33. The SMILES string of the molecule is Cc1ncc(F)cc1S(=O)(=O)Nc1ccc(F)c(COc2cnc3c(c2)c(C)nn3C2CCCCO2)c1Cl. The number of sulfonamides is 1. The monoisotopic (exact) mass is 563 g/mol. The van der Waals surface area contributed by atoms with Crippen molar-refractivity contribution in [1.29, 1.82) is 0 Å². The maximum absolute atomic E-state index is 14.7. The lowest BCUT2D eigenvalue weighted by Gasteiger charge is -2.23. The first-order valence-electron chi connectivity index (χ1n) is 11.8. The lowest BCUT2D eigenvalue weighted by molar-refractivity contribution is -0.0371. The van der Waals surface area contributed by atoms with Gasteiger partial charge < -0.3 is 9.47 Å². The molecular weight excluding hydrogens is 540 g/mol. The van der Waals surface area contributed by atoms with Crippen LogP contribution in [0, 0.1) is 25.5 Å². The molecular formula is C25H24ClF2N5O4S. The molecule has 0 bridgehead atoms. The number of nitrogens with one attached hydrogen (secondary N) is 1. The summed E-state index contributed by atoms with van der Waals surface area (Å²) < 4.78 is 69.7. The number of benzene rings is 1. The minimum atomic E-state index is -4.25. The van der Waals surface area contributed by atoms with E-state index in [1.807, 2.05) is 6.92 Å². The van der Waals surface area contributed by atoms with Gasteiger partial charge >= 0.3 is 0 Å². The molecule has 1 unspecified atom stereocenters. The van der Waals surface area contributed by atoms with E-state index < -0.39 is 21.7 Å². The van der Waals surface area contributed by atoms with Crippen molar-refractivity contribution in [1.82, 2.24) is 19.7 Å². The Morgan fingerprint density at radius 2 is 1.97 bits per heavy atom. The first kappa shape index (κ1) is 26.3. The Hall–Kier alpha value is -3.35. The summed E-state index contributed by atoms with van der Waals surface area (Å²) in [6, 6.07) is 4.85. The van der Waals surface area contributed by atoms with Crippen LogP contribution in [0.3, 0.4) is 0 Å². The summed E-state index contributed by atoms with van der Waals surface area (Å²) >= 11 is 6.37. The average molecular weight is 564 g/mol. The molecule has 200 valence electrons. The third-order valence-electron chi connectivity index (χ3n) is 6.24. The number of nitrogens with zero attached hydrogens (tertiary/aromatic N) is 4. The molecule has 9 nitrogen and oxygen atoms in total. The molecule has 13 heteroatoms. The standard InChI is InChI=1S/C25H24ClF2N5O4S/c1-14-18-10-17(12-30-25(18)33(31-14)23-5-3-4-8-36-23)37-13-19-20(28)6-7-21(24(19)26)32-38(34,35)22-9-16(27)11-29-15(22)2/h6-7,9-12,23,32H,3-5,8,13H2,1-2H3. The molecule has 3 aromatic heterocycles. The number of aryl methyl sites for hydroxylation is 2. The van der Waals surface area contributed by atoms with Crippen LogP contribution >= 0.6 is 11.6 Å². The molecule has 1 aromatic carbocycles. The predicted molar refractivity (Wildman–Crippen MR) is 137 cm³/mol. The Kier molecular flexibility index (Phi) is 7.21. The van der Waals surface area contributed by atoms with Crippen molar-refractivity contribution in [2.45, 2.75) is 50.8 Å². The number of pyridine rings is 2. The number of halogens is 3. The van der Waals surface area contributed by atoms with E-state index in [1.54, 1.807) is 10.7 Å². The largest absolute Gasteiger partial charge is 0.487 e. The summed E-state index contributed by atoms with van der Waals surface area (Å²) in [6.45, 7) is 3.66. The van der Waals surface area contributed by atoms with Crippen molar-refractivity contribution < 1.29 is 26.7 Å². The van der Waals surface area contributed by atoms with Crippen LogP contribution in [0.2, 0.25) is 5.02 Å². The van der Waals surface area contributed by atoms with Crippen LogP contribution < -0.4 is 9.46 Å². The van der Waals surface area contributed by atoms with Gasteiger partial charge in [0.15, 0.2) is 11.9 Å². The normalized spacial score (nSPS) is 16.1. The van der Waals surface area contributed by atoms with Crippen molar-refractivity contribution in [3.63, 3.8) is 0 Å². The number of fused-ring (bicyclic) bond motifs is 1. The van der Waals surface area contributed by atoms with Crippen LogP contribution in [-0.4, -0.2) is 34.8 Å². The lowest BCUT2D eigenvalue weighted by Crippen LogP contribution is -2.19. The third kappa shape index (κ3) is 5.16. The van der Waals surface area contributed by atoms with Crippen LogP contribution in [0.5, 0.6) is 5.75 Å². The van der Waals surface area contributed by atoms with E-state index in [1.165, 1.54) is 19.2 Å². The van der Waals surface area contributed by atoms with Crippen LogP contribution in [-0.2, 0) is 21.4 Å². The van der Waals surface area contributed by atoms with Gasteiger partial charge in [-0.2, -0.15) is 5.10 Å². The molecule has 0 aliphatic carbocycles. The lowest BCUT2D eigenvalue weighted by atomic mass is 10.2. The van der Waals surface area contributed by atoms with Crippen molar-refractivity contribution in [3.05, 3.63) is 70.3 Å². The molecule has 1 aliphatic rings. The fourth-order valence-corrected chi connectivity index (χ4v) is 5.86. The Balaban J connectivity index is 1.37. The minimum Gasteiger partial charge on any atom is -0.487 e. The van der Waals surface area contributed by atoms with Gasteiger partial charge in [-0.1, -0.05) is 11.6 Å². The quantitative estimate of drug-likeness (QED) is 0.318. The molecule has 4 aromatic rings. The maximum atomic E-state index is 14.7. The van der Waals surface area contributed by atoms with Gasteiger partial charge in [-0.05, 0) is 57.4 Å². The van der Waals surface area contributed by atoms with Gasteiger partial charge in [0.05, 0.1) is 34.5 Å². The summed E-state index contributed by atoms with van der Waals surface area (Å²) in [5.41, 5.74) is 1.34. The van der Waals surface area contributed by atoms with E-state index in [-0.39, 0.29) is 39.7 Å². The molecule has 4 heterocycles. The number of anilines is 1. The van der Waals surface area contributed by atoms with Crippen LogP contribution in [0.25, 0.3) is 11.0 Å². The smallest absolute Gasteiger partial charge is 0.263 e. The van der Waals surface area contributed by atoms with Crippen LogP contribution in [0.15, 0.2) is 41.6 Å². The summed E-state index contributed by atoms with van der Waals surface area (Å²) in [5, 5.41) is 5.16. The molecule has 0 saturated carbocycles. The van der Waals surface area contributed by atoms with Gasteiger partial charge in [-0.25, -0.2) is 26.9 Å². The second-order valence-electron chi connectivity index (χ2n) is 8.91. The van der Waals surface area contributed by atoms with Gasteiger partial charge in [0.1, 0.15) is 28.9 Å². The van der Waals surface area contributed by atoms with Gasteiger partial charge in [-0.15, -0.1) is 0 Å². The summed E-state index contributed by atoms with van der Waals surface area (Å²) in [6.07, 6.45) is 5.16. The second-order valence-corrected chi connectivity index (χ2v) is 10.9. The molecule has 1 atom stereocenters. The Bertz CT molecular complexity index is 1620. The highest BCUT2D eigenvalue weighted by atomic mass is 35.5. The second kappa shape index (κ2) is 10.4. The van der Waals surface area contributed by atoms with Crippen LogP contribution in [0.4, 0.5) is 14.5 Å². The van der Waals surface area contributed by atoms with E-state index in [4.69, 9.17) is 21.1 Å². The molecule has 1 N–H and O–H groups in total. The number of hydrogen-bond donors (Lipinski definition) is 1. The minimum absolute atomic E-state index is 0.0657. The topological polar surface area (TPSA) is 108 Å². The van der Waals surface area contributed by atoms with E-state index in [0.29, 0.717) is 18.0 Å². The average Bonchev–Trinajstić information content (AvgIpc) is 3.23. The predicted octanol–water partition coefficient (Wildman–Crippen LogP) is 5.45. The number of rotatable bonds is 7. The van der Waals surface area contributed by atoms with Crippen molar-refractivity contribution >= 4 is 38.3 Å². The zero-order valence-corrected chi connectivity index (χ0v) is 22.1. The molecule has 1 aliphatic heterocycles. The van der Waals surface area contributed by atoms with Gasteiger partial charge in [0.25, 0.3) is 10.0 Å².